The Bertz CT molecular complexity index is 938. The Morgan fingerprint density at radius 3 is 2.89 bits per heavy atom. The van der Waals surface area contributed by atoms with Crippen molar-refractivity contribution in [3.63, 3.8) is 0 Å². The predicted octanol–water partition coefficient (Wildman–Crippen LogP) is 3.00. The normalized spacial score (nSPS) is 20.4. The lowest BCUT2D eigenvalue weighted by Gasteiger charge is -2.31. The minimum absolute atomic E-state index is 0.299. The number of halogens is 1. The molecular formula is C20H23FN6. The van der Waals surface area contributed by atoms with E-state index in [0.717, 1.165) is 30.5 Å². The van der Waals surface area contributed by atoms with Crippen molar-refractivity contribution in [3.05, 3.63) is 53.4 Å². The van der Waals surface area contributed by atoms with Crippen LogP contribution in [0, 0.1) is 18.2 Å². The molecule has 1 saturated heterocycles. The average molecular weight is 366 g/mol. The Balaban J connectivity index is 1.65. The van der Waals surface area contributed by atoms with Crippen molar-refractivity contribution in [2.45, 2.75) is 32.2 Å². The number of nitrogens with one attached hydrogen (secondary N) is 2. The number of hydrogen-bond donors (Lipinski definition) is 3. The maximum atomic E-state index is 14.3. The number of imidazole rings is 1. The summed E-state index contributed by atoms with van der Waals surface area (Å²) in [5.41, 5.74) is 9.18. The minimum atomic E-state index is -0.346. The van der Waals surface area contributed by atoms with Gasteiger partial charge in [-0.15, -0.1) is 0 Å². The summed E-state index contributed by atoms with van der Waals surface area (Å²) in [6, 6.07) is 6.91. The molecule has 6 nitrogen and oxygen atoms in total. The van der Waals surface area contributed by atoms with E-state index >= 15 is 0 Å². The van der Waals surface area contributed by atoms with E-state index in [-0.39, 0.29) is 5.82 Å². The van der Waals surface area contributed by atoms with Crippen LogP contribution in [0.2, 0.25) is 0 Å². The quantitative estimate of drug-likeness (QED) is 0.576. The fourth-order valence-corrected chi connectivity index (χ4v) is 3.35. The number of amidine groups is 1. The third-order valence-corrected chi connectivity index (χ3v) is 4.95. The second-order valence-electron chi connectivity index (χ2n) is 7.04. The molecule has 1 aromatic heterocycles. The fourth-order valence-electron chi connectivity index (χ4n) is 3.35. The third kappa shape index (κ3) is 3.49. The minimum Gasteiger partial charge on any atom is -0.404 e. The summed E-state index contributed by atoms with van der Waals surface area (Å²) in [6.45, 7) is 3.01. The molecule has 4 N–H and O–H groups in total. The number of hydrogen-bond acceptors (Lipinski definition) is 4. The van der Waals surface area contributed by atoms with Gasteiger partial charge in [-0.25, -0.2) is 9.37 Å². The van der Waals surface area contributed by atoms with Gasteiger partial charge in [0.25, 0.3) is 0 Å². The van der Waals surface area contributed by atoms with E-state index < -0.39 is 0 Å². The molecule has 2 fully saturated rings. The van der Waals surface area contributed by atoms with Crippen LogP contribution in [0.15, 0.2) is 41.0 Å². The fraction of sp³-hybridized carbons (Fsp3) is 0.350. The van der Waals surface area contributed by atoms with E-state index in [9.17, 15) is 4.39 Å². The van der Waals surface area contributed by atoms with E-state index in [1.54, 1.807) is 24.4 Å². The summed E-state index contributed by atoms with van der Waals surface area (Å²) in [5, 5.41) is 8.74. The monoisotopic (exact) mass is 366 g/mol. The van der Waals surface area contributed by atoms with Crippen molar-refractivity contribution in [3.8, 4) is 11.3 Å². The molecule has 7 heteroatoms. The standard InChI is InChI=1S/C20H23FN6/c1-12-24-18(15-4-2-3-5-16(15)21)19(25-12)20(23)27-9-8-13(10-22)17(11-27)26-14-6-7-14/h2-5,10,14,23H,6-9,11,22H2,1H3,(H,24,25). The van der Waals surface area contributed by atoms with Crippen molar-refractivity contribution < 1.29 is 4.39 Å². The number of aliphatic imine (C=N–C) groups is 1. The SMILES string of the molecule is Cc1nc(-c2ccccc2F)c(C(=N)N2CCC(=CN)C(=NC3CC3)C2)[nH]1. The first kappa shape index (κ1) is 17.5. The molecule has 27 heavy (non-hydrogen) atoms. The van der Waals surface area contributed by atoms with Crippen LogP contribution in [0.1, 0.15) is 30.8 Å². The molecule has 0 atom stereocenters. The molecule has 2 aliphatic rings. The summed E-state index contributed by atoms with van der Waals surface area (Å²) in [4.78, 5) is 14.3. The second-order valence-corrected chi connectivity index (χ2v) is 7.04. The van der Waals surface area contributed by atoms with Crippen LogP contribution in [0.4, 0.5) is 4.39 Å². The van der Waals surface area contributed by atoms with Crippen LogP contribution in [0.25, 0.3) is 11.3 Å². The third-order valence-electron chi connectivity index (χ3n) is 4.95. The largest absolute Gasteiger partial charge is 0.404 e. The number of aromatic nitrogens is 2. The zero-order valence-corrected chi connectivity index (χ0v) is 15.3. The van der Waals surface area contributed by atoms with Gasteiger partial charge in [0, 0.05) is 12.1 Å². The Kier molecular flexibility index (Phi) is 4.51. The number of H-pyrrole nitrogens is 1. The summed E-state index contributed by atoms with van der Waals surface area (Å²) >= 11 is 0. The van der Waals surface area contributed by atoms with E-state index in [1.807, 2.05) is 11.8 Å². The van der Waals surface area contributed by atoms with Crippen LogP contribution >= 0.6 is 0 Å². The summed E-state index contributed by atoms with van der Waals surface area (Å²) in [6.07, 6.45) is 4.62. The van der Waals surface area contributed by atoms with E-state index in [0.29, 0.717) is 47.7 Å². The first-order valence-corrected chi connectivity index (χ1v) is 9.20. The second kappa shape index (κ2) is 6.98. The van der Waals surface area contributed by atoms with Crippen LogP contribution in [-0.4, -0.2) is 45.5 Å². The Morgan fingerprint density at radius 1 is 1.41 bits per heavy atom. The summed E-state index contributed by atoms with van der Waals surface area (Å²) in [5.74, 6) is 0.605. The maximum absolute atomic E-state index is 14.3. The lowest BCUT2D eigenvalue weighted by Crippen LogP contribution is -2.42. The van der Waals surface area contributed by atoms with Gasteiger partial charge in [-0.05, 0) is 50.1 Å². The molecule has 1 aliphatic heterocycles. The van der Waals surface area contributed by atoms with Gasteiger partial charge >= 0.3 is 0 Å². The first-order valence-electron chi connectivity index (χ1n) is 9.20. The van der Waals surface area contributed by atoms with Crippen LogP contribution in [-0.2, 0) is 0 Å². The number of piperidine rings is 1. The molecular weight excluding hydrogens is 343 g/mol. The van der Waals surface area contributed by atoms with Gasteiger partial charge in [0.1, 0.15) is 28.9 Å². The van der Waals surface area contributed by atoms with Gasteiger partial charge in [0.05, 0.1) is 18.3 Å². The van der Waals surface area contributed by atoms with Gasteiger partial charge < -0.3 is 15.6 Å². The lowest BCUT2D eigenvalue weighted by molar-refractivity contribution is 0.458. The molecule has 0 radical (unpaired) electrons. The molecule has 1 saturated carbocycles. The molecule has 0 amide bonds. The zero-order chi connectivity index (χ0) is 19.0. The zero-order valence-electron chi connectivity index (χ0n) is 15.3. The highest BCUT2D eigenvalue weighted by Gasteiger charge is 2.28. The first-order chi connectivity index (χ1) is 13.1. The lowest BCUT2D eigenvalue weighted by atomic mass is 10.0. The smallest absolute Gasteiger partial charge is 0.147 e. The van der Waals surface area contributed by atoms with Gasteiger partial charge in [-0.2, -0.15) is 0 Å². The molecule has 4 rings (SSSR count). The average Bonchev–Trinajstić information content (AvgIpc) is 3.40. The van der Waals surface area contributed by atoms with Crippen LogP contribution in [0.3, 0.4) is 0 Å². The Labute approximate surface area is 157 Å². The van der Waals surface area contributed by atoms with Crippen molar-refractivity contribution in [2.24, 2.45) is 10.7 Å². The number of aryl methyl sites for hydroxylation is 1. The Hall–Kier alpha value is -2.96. The molecule has 2 aromatic rings. The van der Waals surface area contributed by atoms with Gasteiger partial charge in [0.15, 0.2) is 0 Å². The highest BCUT2D eigenvalue weighted by Crippen LogP contribution is 2.28. The summed E-state index contributed by atoms with van der Waals surface area (Å²) < 4.78 is 14.3. The number of benzene rings is 1. The molecule has 2 heterocycles. The van der Waals surface area contributed by atoms with Crippen LogP contribution < -0.4 is 5.73 Å². The highest BCUT2D eigenvalue weighted by atomic mass is 19.1. The van der Waals surface area contributed by atoms with Crippen molar-refractivity contribution in [1.82, 2.24) is 14.9 Å². The maximum Gasteiger partial charge on any atom is 0.147 e. The molecule has 0 spiro atoms. The molecule has 0 unspecified atom stereocenters. The molecule has 1 aromatic carbocycles. The van der Waals surface area contributed by atoms with Gasteiger partial charge in [-0.3, -0.25) is 10.4 Å². The van der Waals surface area contributed by atoms with E-state index in [4.69, 9.17) is 16.1 Å². The van der Waals surface area contributed by atoms with E-state index in [2.05, 4.69) is 9.97 Å². The number of nitrogens with two attached hydrogens (primary N) is 1. The predicted molar refractivity (Wildman–Crippen MR) is 104 cm³/mol. The molecule has 140 valence electrons. The van der Waals surface area contributed by atoms with Gasteiger partial charge in [0.2, 0.25) is 0 Å². The van der Waals surface area contributed by atoms with Crippen molar-refractivity contribution >= 4 is 11.5 Å². The molecule has 1 aliphatic carbocycles. The number of likely N-dealkylation sites (tertiary alicyclic amines) is 1. The molecule has 0 bridgehead atoms. The number of rotatable bonds is 3. The topological polar surface area (TPSA) is 94.2 Å². The van der Waals surface area contributed by atoms with Crippen LogP contribution in [0.5, 0.6) is 0 Å². The van der Waals surface area contributed by atoms with E-state index in [1.165, 1.54) is 6.07 Å². The van der Waals surface area contributed by atoms with Crippen molar-refractivity contribution in [2.75, 3.05) is 13.1 Å². The van der Waals surface area contributed by atoms with Gasteiger partial charge in [-0.1, -0.05) is 12.1 Å². The number of nitrogens with zero attached hydrogens (tertiary/aromatic N) is 3. The highest BCUT2D eigenvalue weighted by molar-refractivity contribution is 6.07. The number of aromatic amines is 1. The Morgan fingerprint density at radius 2 is 2.19 bits per heavy atom. The summed E-state index contributed by atoms with van der Waals surface area (Å²) in [7, 11) is 0. The van der Waals surface area contributed by atoms with Crippen molar-refractivity contribution in [1.29, 1.82) is 5.41 Å².